The van der Waals surface area contributed by atoms with Gasteiger partial charge in [-0.1, -0.05) is 26.0 Å². The molecule has 1 aliphatic rings. The van der Waals surface area contributed by atoms with Crippen molar-refractivity contribution in [1.29, 1.82) is 0 Å². The molecule has 0 heterocycles. The van der Waals surface area contributed by atoms with Gasteiger partial charge in [-0.3, -0.25) is 0 Å². The quantitative estimate of drug-likeness (QED) is 0.712. The van der Waals surface area contributed by atoms with Crippen LogP contribution in [0.5, 0.6) is 5.75 Å². The van der Waals surface area contributed by atoms with Crippen LogP contribution < -0.4 is 10.1 Å². The third kappa shape index (κ3) is 5.33. The highest BCUT2D eigenvalue weighted by Gasteiger charge is 2.25. The van der Waals surface area contributed by atoms with Gasteiger partial charge in [0.05, 0.1) is 0 Å². The second kappa shape index (κ2) is 8.40. The number of nitrogens with one attached hydrogen (secondary N) is 1. The van der Waals surface area contributed by atoms with Gasteiger partial charge in [0.1, 0.15) is 12.4 Å². The van der Waals surface area contributed by atoms with E-state index in [9.17, 15) is 0 Å². The first-order chi connectivity index (χ1) is 10.2. The van der Waals surface area contributed by atoms with Crippen molar-refractivity contribution in [2.24, 2.45) is 0 Å². The lowest BCUT2D eigenvalue weighted by Gasteiger charge is -2.18. The number of ether oxygens (including phenoxy) is 1. The Hall–Kier alpha value is -1.06. The summed E-state index contributed by atoms with van der Waals surface area (Å²) in [7, 11) is 2.19. The van der Waals surface area contributed by atoms with Gasteiger partial charge >= 0.3 is 0 Å². The summed E-state index contributed by atoms with van der Waals surface area (Å²) in [6.07, 6.45) is 5.00. The average Bonchev–Trinajstić information content (AvgIpc) is 3.34. The fourth-order valence-corrected chi connectivity index (χ4v) is 2.62. The van der Waals surface area contributed by atoms with E-state index in [2.05, 4.69) is 55.4 Å². The minimum absolute atomic E-state index is 0.458. The van der Waals surface area contributed by atoms with E-state index in [1.54, 1.807) is 0 Å². The third-order valence-electron chi connectivity index (χ3n) is 4.21. The van der Waals surface area contributed by atoms with E-state index in [1.165, 1.54) is 24.8 Å². The minimum atomic E-state index is 0.458. The molecular weight excluding hydrogens is 260 g/mol. The van der Waals surface area contributed by atoms with E-state index in [0.717, 1.165) is 37.9 Å². The number of likely N-dealkylation sites (N-methyl/N-ethyl adjacent to an activating group) is 1. The molecule has 2 rings (SSSR count). The summed E-state index contributed by atoms with van der Waals surface area (Å²) in [5.41, 5.74) is 1.35. The predicted octanol–water partition coefficient (Wildman–Crippen LogP) is 3.61. The molecule has 1 fully saturated rings. The molecule has 1 atom stereocenters. The zero-order valence-corrected chi connectivity index (χ0v) is 13.8. The van der Waals surface area contributed by atoms with Crippen LogP contribution in [0.2, 0.25) is 0 Å². The molecule has 0 aliphatic heterocycles. The van der Waals surface area contributed by atoms with E-state index in [0.29, 0.717) is 6.04 Å². The van der Waals surface area contributed by atoms with Gasteiger partial charge in [-0.2, -0.15) is 0 Å². The van der Waals surface area contributed by atoms with E-state index < -0.39 is 0 Å². The first-order valence-electron chi connectivity index (χ1n) is 8.41. The van der Waals surface area contributed by atoms with Crippen molar-refractivity contribution in [3.05, 3.63) is 29.8 Å². The van der Waals surface area contributed by atoms with Crippen LogP contribution in [0.15, 0.2) is 24.3 Å². The standard InChI is InChI=1S/C18H30N2O/c1-4-12-19-18(5-2)15-6-10-17(11-7-15)21-14-13-20(3)16-8-9-16/h6-7,10-11,16,18-19H,4-5,8-9,12-14H2,1-3H3. The lowest BCUT2D eigenvalue weighted by Crippen LogP contribution is -2.26. The average molecular weight is 290 g/mol. The minimum Gasteiger partial charge on any atom is -0.492 e. The molecule has 1 aliphatic carbocycles. The van der Waals surface area contributed by atoms with Crippen LogP contribution in [0.1, 0.15) is 51.1 Å². The van der Waals surface area contributed by atoms with Crippen molar-refractivity contribution in [2.75, 3.05) is 26.7 Å². The number of nitrogens with zero attached hydrogens (tertiary/aromatic N) is 1. The summed E-state index contributed by atoms with van der Waals surface area (Å²) in [6, 6.07) is 9.85. The van der Waals surface area contributed by atoms with E-state index in [-0.39, 0.29) is 0 Å². The molecule has 0 spiro atoms. The van der Waals surface area contributed by atoms with Crippen molar-refractivity contribution in [1.82, 2.24) is 10.2 Å². The van der Waals surface area contributed by atoms with Crippen LogP contribution in [0, 0.1) is 0 Å². The van der Waals surface area contributed by atoms with Crippen molar-refractivity contribution < 1.29 is 4.74 Å². The van der Waals surface area contributed by atoms with Crippen LogP contribution in [0.3, 0.4) is 0 Å². The van der Waals surface area contributed by atoms with Crippen LogP contribution in [0.4, 0.5) is 0 Å². The van der Waals surface area contributed by atoms with Crippen molar-refractivity contribution in [3.63, 3.8) is 0 Å². The molecule has 118 valence electrons. The maximum Gasteiger partial charge on any atom is 0.119 e. The molecule has 3 heteroatoms. The molecular formula is C18H30N2O. The molecule has 1 aromatic carbocycles. The monoisotopic (exact) mass is 290 g/mol. The van der Waals surface area contributed by atoms with Gasteiger partial charge in [0.2, 0.25) is 0 Å². The van der Waals surface area contributed by atoms with Gasteiger partial charge in [0.15, 0.2) is 0 Å². The Bertz CT molecular complexity index is 400. The van der Waals surface area contributed by atoms with Gasteiger partial charge in [0.25, 0.3) is 0 Å². The zero-order chi connectivity index (χ0) is 15.1. The van der Waals surface area contributed by atoms with Crippen molar-refractivity contribution >= 4 is 0 Å². The molecule has 1 aromatic rings. The fourth-order valence-electron chi connectivity index (χ4n) is 2.62. The van der Waals surface area contributed by atoms with E-state index >= 15 is 0 Å². The van der Waals surface area contributed by atoms with Gasteiger partial charge in [-0.25, -0.2) is 0 Å². The Labute approximate surface area is 129 Å². The zero-order valence-electron chi connectivity index (χ0n) is 13.8. The summed E-state index contributed by atoms with van der Waals surface area (Å²) < 4.78 is 5.84. The molecule has 21 heavy (non-hydrogen) atoms. The van der Waals surface area contributed by atoms with Gasteiger partial charge in [-0.05, 0) is 57.0 Å². The molecule has 0 aromatic heterocycles. The lowest BCUT2D eigenvalue weighted by molar-refractivity contribution is 0.232. The first-order valence-corrected chi connectivity index (χ1v) is 8.41. The second-order valence-electron chi connectivity index (χ2n) is 6.04. The summed E-state index contributed by atoms with van der Waals surface area (Å²) in [5, 5.41) is 3.58. The fraction of sp³-hybridized carbons (Fsp3) is 0.667. The summed E-state index contributed by atoms with van der Waals surface area (Å²) in [4.78, 5) is 2.40. The first kappa shape index (κ1) is 16.3. The van der Waals surface area contributed by atoms with Crippen LogP contribution >= 0.6 is 0 Å². The molecule has 1 N–H and O–H groups in total. The second-order valence-corrected chi connectivity index (χ2v) is 6.04. The van der Waals surface area contributed by atoms with Gasteiger partial charge in [0, 0.05) is 18.6 Å². The molecule has 0 amide bonds. The summed E-state index contributed by atoms with van der Waals surface area (Å²) in [6.45, 7) is 7.30. The molecule has 0 radical (unpaired) electrons. The van der Waals surface area contributed by atoms with Gasteiger partial charge in [-0.15, -0.1) is 0 Å². The highest BCUT2D eigenvalue weighted by Crippen LogP contribution is 2.25. The van der Waals surface area contributed by atoms with Crippen LogP contribution in [0.25, 0.3) is 0 Å². The van der Waals surface area contributed by atoms with E-state index in [4.69, 9.17) is 4.74 Å². The highest BCUT2D eigenvalue weighted by atomic mass is 16.5. The largest absolute Gasteiger partial charge is 0.492 e. The topological polar surface area (TPSA) is 24.5 Å². The summed E-state index contributed by atoms with van der Waals surface area (Å²) in [5.74, 6) is 0.980. The van der Waals surface area contributed by atoms with Crippen molar-refractivity contribution in [3.8, 4) is 5.75 Å². The molecule has 1 saturated carbocycles. The number of hydrogen-bond acceptors (Lipinski definition) is 3. The predicted molar refractivity (Wildman–Crippen MR) is 88.9 cm³/mol. The Kier molecular flexibility index (Phi) is 6.52. The Balaban J connectivity index is 1.77. The normalized spacial score (nSPS) is 16.2. The summed E-state index contributed by atoms with van der Waals surface area (Å²) >= 11 is 0. The van der Waals surface area contributed by atoms with Crippen molar-refractivity contribution in [2.45, 2.75) is 51.6 Å². The number of rotatable bonds is 10. The molecule has 3 nitrogen and oxygen atoms in total. The van der Waals surface area contributed by atoms with Crippen LogP contribution in [-0.2, 0) is 0 Å². The van der Waals surface area contributed by atoms with Gasteiger partial charge < -0.3 is 15.0 Å². The van der Waals surface area contributed by atoms with E-state index in [1.807, 2.05) is 0 Å². The smallest absolute Gasteiger partial charge is 0.119 e. The molecule has 0 bridgehead atoms. The van der Waals surface area contributed by atoms with Crippen LogP contribution in [-0.4, -0.2) is 37.7 Å². The maximum absolute atomic E-state index is 5.84. The molecule has 0 saturated heterocycles. The SMILES string of the molecule is CCCNC(CC)c1ccc(OCCN(C)C2CC2)cc1. The lowest BCUT2D eigenvalue weighted by atomic mass is 10.0. The highest BCUT2D eigenvalue weighted by molar-refractivity contribution is 5.29. The number of hydrogen-bond donors (Lipinski definition) is 1. The maximum atomic E-state index is 5.84. The number of benzene rings is 1. The Morgan fingerprint density at radius 2 is 1.95 bits per heavy atom. The Morgan fingerprint density at radius 1 is 1.24 bits per heavy atom. The third-order valence-corrected chi connectivity index (χ3v) is 4.21. The Morgan fingerprint density at radius 3 is 2.52 bits per heavy atom. The molecule has 1 unspecified atom stereocenters.